The van der Waals surface area contributed by atoms with Crippen molar-refractivity contribution in [1.29, 1.82) is 0 Å². The fourth-order valence-corrected chi connectivity index (χ4v) is 5.34. The molecule has 0 saturated heterocycles. The van der Waals surface area contributed by atoms with E-state index in [0.29, 0.717) is 6.42 Å². The van der Waals surface area contributed by atoms with Gasteiger partial charge in [-0.3, -0.25) is 14.4 Å². The van der Waals surface area contributed by atoms with Gasteiger partial charge in [0.25, 0.3) is 5.56 Å². The lowest BCUT2D eigenvalue weighted by molar-refractivity contribution is -0.138. The van der Waals surface area contributed by atoms with Crippen LogP contribution < -0.4 is 10.9 Å². The number of amides is 1. The number of pyridine rings is 1. The van der Waals surface area contributed by atoms with Gasteiger partial charge in [-0.05, 0) is 78.4 Å². The van der Waals surface area contributed by atoms with Crippen molar-refractivity contribution in [3.8, 4) is 10.4 Å². The van der Waals surface area contributed by atoms with E-state index in [2.05, 4.69) is 5.32 Å². The molecule has 2 N–H and O–H groups in total. The summed E-state index contributed by atoms with van der Waals surface area (Å²) in [5.74, 6) is -1.19. The van der Waals surface area contributed by atoms with Gasteiger partial charge in [0.2, 0.25) is 5.91 Å². The fourth-order valence-electron chi connectivity index (χ4n) is 4.20. The Hall–Kier alpha value is -3.19. The van der Waals surface area contributed by atoms with Gasteiger partial charge in [0.1, 0.15) is 6.04 Å². The normalized spacial score (nSPS) is 13.0. The fraction of sp³-hybridized carbons (Fsp3) is 0.370. The molecular formula is C27H32N2O4S. The van der Waals surface area contributed by atoms with Crippen LogP contribution >= 0.6 is 11.3 Å². The van der Waals surface area contributed by atoms with Gasteiger partial charge in [-0.1, -0.05) is 32.0 Å². The van der Waals surface area contributed by atoms with Crippen molar-refractivity contribution in [2.75, 3.05) is 0 Å². The number of benzene rings is 1. The molecule has 0 radical (unpaired) electrons. The molecular weight excluding hydrogens is 448 g/mol. The van der Waals surface area contributed by atoms with Gasteiger partial charge < -0.3 is 15.0 Å². The van der Waals surface area contributed by atoms with Crippen LogP contribution in [0.25, 0.3) is 10.4 Å². The van der Waals surface area contributed by atoms with Crippen molar-refractivity contribution in [3.63, 3.8) is 0 Å². The van der Waals surface area contributed by atoms with Gasteiger partial charge in [-0.2, -0.15) is 0 Å². The van der Waals surface area contributed by atoms with Crippen LogP contribution in [0, 0.1) is 26.7 Å². The number of hydrogen-bond donors (Lipinski definition) is 2. The van der Waals surface area contributed by atoms with E-state index >= 15 is 0 Å². The summed E-state index contributed by atoms with van der Waals surface area (Å²) in [7, 11) is 0. The molecule has 0 aliphatic heterocycles. The number of aryl methyl sites for hydroxylation is 3. The Bertz CT molecular complexity index is 1220. The maximum absolute atomic E-state index is 13.4. The highest BCUT2D eigenvalue weighted by molar-refractivity contribution is 7.13. The first-order valence-electron chi connectivity index (χ1n) is 11.4. The average molecular weight is 481 g/mol. The highest BCUT2D eigenvalue weighted by Crippen LogP contribution is 2.35. The van der Waals surface area contributed by atoms with Gasteiger partial charge in [-0.15, -0.1) is 11.3 Å². The maximum atomic E-state index is 13.4. The monoisotopic (exact) mass is 480 g/mol. The van der Waals surface area contributed by atoms with Gasteiger partial charge >= 0.3 is 5.97 Å². The molecule has 2 atom stereocenters. The lowest BCUT2D eigenvalue weighted by Crippen LogP contribution is -2.40. The first-order valence-corrected chi connectivity index (χ1v) is 12.3. The zero-order chi connectivity index (χ0) is 25.0. The predicted octanol–water partition coefficient (Wildman–Crippen LogP) is 5.42. The third kappa shape index (κ3) is 6.03. The molecule has 1 aromatic carbocycles. The number of carboxylic acids is 1. The average Bonchev–Trinajstić information content (AvgIpc) is 3.21. The Kier molecular flexibility index (Phi) is 8.10. The molecule has 0 aliphatic carbocycles. The second-order valence-corrected chi connectivity index (χ2v) is 10.2. The lowest BCUT2D eigenvalue weighted by Gasteiger charge is -2.24. The molecule has 0 fully saturated rings. The number of aromatic nitrogens is 1. The topological polar surface area (TPSA) is 88.4 Å². The van der Waals surface area contributed by atoms with Crippen LogP contribution in [0.5, 0.6) is 0 Å². The SMILES string of the molecule is Cc1ccn([C@H](CC(C)C)C(=O)N[C@@H](CC(=O)O)c2csc(-c3c(C)cccc3C)c2)c(=O)c1. The minimum absolute atomic E-state index is 0.165. The Labute approximate surface area is 204 Å². The van der Waals surface area contributed by atoms with Crippen LogP contribution in [0.1, 0.15) is 61.0 Å². The zero-order valence-corrected chi connectivity index (χ0v) is 21.1. The second-order valence-electron chi connectivity index (χ2n) is 9.27. The molecule has 34 heavy (non-hydrogen) atoms. The molecule has 0 spiro atoms. The summed E-state index contributed by atoms with van der Waals surface area (Å²) in [6, 6.07) is 9.96. The molecule has 2 heterocycles. The Balaban J connectivity index is 1.94. The van der Waals surface area contributed by atoms with Gasteiger partial charge in [-0.25, -0.2) is 0 Å². The van der Waals surface area contributed by atoms with Crippen molar-refractivity contribution in [2.45, 2.75) is 59.5 Å². The summed E-state index contributed by atoms with van der Waals surface area (Å²) >= 11 is 1.53. The minimum Gasteiger partial charge on any atom is -0.481 e. The Morgan fingerprint density at radius 1 is 1.09 bits per heavy atom. The van der Waals surface area contributed by atoms with Crippen LogP contribution in [0.3, 0.4) is 0 Å². The largest absolute Gasteiger partial charge is 0.481 e. The van der Waals surface area contributed by atoms with E-state index in [1.807, 2.05) is 64.3 Å². The number of rotatable bonds is 9. The molecule has 7 heteroatoms. The van der Waals surface area contributed by atoms with Crippen LogP contribution in [-0.4, -0.2) is 21.6 Å². The van der Waals surface area contributed by atoms with Gasteiger partial charge in [0, 0.05) is 17.1 Å². The summed E-state index contributed by atoms with van der Waals surface area (Å²) in [4.78, 5) is 38.7. The number of thiophene rings is 1. The maximum Gasteiger partial charge on any atom is 0.305 e. The molecule has 0 bridgehead atoms. The molecule has 0 unspecified atom stereocenters. The molecule has 2 aromatic heterocycles. The molecule has 180 valence electrons. The number of carboxylic acid groups (broad SMARTS) is 1. The van der Waals surface area contributed by atoms with E-state index in [0.717, 1.165) is 32.7 Å². The summed E-state index contributed by atoms with van der Waals surface area (Å²) < 4.78 is 1.44. The second kappa shape index (κ2) is 10.8. The van der Waals surface area contributed by atoms with Gasteiger partial charge in [0.15, 0.2) is 0 Å². The standard InChI is InChI=1S/C27H32N2O4S/c1-16(2)11-22(29-10-9-17(3)12-24(29)30)27(33)28-21(14-25(31)32)20-13-23(34-15-20)26-18(4)7-6-8-19(26)5/h6-10,12-13,15-16,21-22H,11,14H2,1-5H3,(H,28,33)(H,31,32)/t21-,22+/m0/s1. The van der Waals surface area contributed by atoms with E-state index in [-0.39, 0.29) is 23.8 Å². The predicted molar refractivity (Wildman–Crippen MR) is 136 cm³/mol. The first kappa shape index (κ1) is 25.4. The zero-order valence-electron chi connectivity index (χ0n) is 20.3. The van der Waals surface area contributed by atoms with Crippen molar-refractivity contribution in [3.05, 3.63) is 80.6 Å². The van der Waals surface area contributed by atoms with E-state index < -0.39 is 18.1 Å². The molecule has 3 aromatic rings. The summed E-state index contributed by atoms with van der Waals surface area (Å²) in [5, 5.41) is 14.4. The van der Waals surface area contributed by atoms with E-state index in [9.17, 15) is 19.5 Å². The number of aliphatic carboxylic acids is 1. The molecule has 0 saturated carbocycles. The number of carbonyl (C=O) groups is 2. The van der Waals surface area contributed by atoms with E-state index in [4.69, 9.17) is 0 Å². The molecule has 0 aliphatic rings. The van der Waals surface area contributed by atoms with Crippen LogP contribution in [0.2, 0.25) is 0 Å². The third-order valence-corrected chi connectivity index (χ3v) is 6.85. The van der Waals surface area contributed by atoms with Crippen molar-refractivity contribution < 1.29 is 14.7 Å². The smallest absolute Gasteiger partial charge is 0.305 e. The number of carbonyl (C=O) groups excluding carboxylic acids is 1. The molecule has 1 amide bonds. The highest BCUT2D eigenvalue weighted by Gasteiger charge is 2.27. The van der Waals surface area contributed by atoms with Crippen LogP contribution in [0.4, 0.5) is 0 Å². The summed E-state index contributed by atoms with van der Waals surface area (Å²) in [5.41, 5.74) is 4.74. The quantitative estimate of drug-likeness (QED) is 0.428. The minimum atomic E-state index is -1.00. The molecule has 6 nitrogen and oxygen atoms in total. The van der Waals surface area contributed by atoms with Crippen LogP contribution in [0.15, 0.2) is 52.8 Å². The Morgan fingerprint density at radius 3 is 2.35 bits per heavy atom. The van der Waals surface area contributed by atoms with Crippen LogP contribution in [-0.2, 0) is 9.59 Å². The van der Waals surface area contributed by atoms with E-state index in [1.165, 1.54) is 22.0 Å². The van der Waals surface area contributed by atoms with Crippen molar-refractivity contribution >= 4 is 23.2 Å². The van der Waals surface area contributed by atoms with Crippen molar-refractivity contribution in [1.82, 2.24) is 9.88 Å². The number of nitrogens with zero attached hydrogens (tertiary/aromatic N) is 1. The third-order valence-electron chi connectivity index (χ3n) is 5.88. The summed E-state index contributed by atoms with van der Waals surface area (Å²) in [6.45, 7) is 9.91. The lowest BCUT2D eigenvalue weighted by atomic mass is 9.99. The van der Waals surface area contributed by atoms with Gasteiger partial charge in [0.05, 0.1) is 12.5 Å². The summed E-state index contributed by atoms with van der Waals surface area (Å²) in [6.07, 6.45) is 1.86. The highest BCUT2D eigenvalue weighted by atomic mass is 32.1. The molecule has 3 rings (SSSR count). The van der Waals surface area contributed by atoms with Crippen molar-refractivity contribution in [2.24, 2.45) is 5.92 Å². The number of nitrogens with one attached hydrogen (secondary N) is 1. The van der Waals surface area contributed by atoms with E-state index in [1.54, 1.807) is 12.3 Å². The first-order chi connectivity index (χ1) is 16.1. The number of hydrogen-bond acceptors (Lipinski definition) is 4. The Morgan fingerprint density at radius 2 is 1.76 bits per heavy atom.